The average Bonchev–Trinajstić information content (AvgIpc) is 2.01. The fourth-order valence-corrected chi connectivity index (χ4v) is 2.16. The van der Waals surface area contributed by atoms with Crippen LogP contribution in [0.15, 0.2) is 12.5 Å². The zero-order chi connectivity index (χ0) is 9.47. The van der Waals surface area contributed by atoms with E-state index in [1.165, 1.54) is 0 Å². The minimum Gasteiger partial charge on any atom is -0.352 e. The predicted octanol–water partition coefficient (Wildman–Crippen LogP) is 0.619. The standard InChI is InChI=1S/C8H11IN4/c1-8(10)3-13(4-8)7-6(9)2-11-5-12-7/h2,5H,3-4,10H2,1H3. The molecule has 1 fully saturated rings. The molecule has 5 heteroatoms. The maximum absolute atomic E-state index is 5.91. The van der Waals surface area contributed by atoms with E-state index in [1.54, 1.807) is 6.33 Å². The topological polar surface area (TPSA) is 55.0 Å². The van der Waals surface area contributed by atoms with Crippen molar-refractivity contribution >= 4 is 28.4 Å². The van der Waals surface area contributed by atoms with E-state index in [1.807, 2.05) is 6.20 Å². The van der Waals surface area contributed by atoms with E-state index < -0.39 is 0 Å². The molecule has 0 saturated carbocycles. The van der Waals surface area contributed by atoms with Crippen molar-refractivity contribution in [3.05, 3.63) is 16.1 Å². The summed E-state index contributed by atoms with van der Waals surface area (Å²) < 4.78 is 1.08. The van der Waals surface area contributed by atoms with Crippen molar-refractivity contribution in [1.82, 2.24) is 9.97 Å². The molecule has 0 amide bonds. The zero-order valence-electron chi connectivity index (χ0n) is 7.37. The lowest BCUT2D eigenvalue weighted by Gasteiger charge is -2.46. The minimum atomic E-state index is -0.0476. The number of aromatic nitrogens is 2. The summed E-state index contributed by atoms with van der Waals surface area (Å²) in [6.07, 6.45) is 3.39. The van der Waals surface area contributed by atoms with Crippen LogP contribution in [0.1, 0.15) is 6.92 Å². The molecule has 0 bridgehead atoms. The molecule has 1 aromatic rings. The van der Waals surface area contributed by atoms with Crippen LogP contribution in [-0.2, 0) is 0 Å². The third kappa shape index (κ3) is 1.76. The molecular formula is C8H11IN4. The molecule has 70 valence electrons. The lowest BCUT2D eigenvalue weighted by atomic mass is 9.94. The van der Waals surface area contributed by atoms with Gasteiger partial charge >= 0.3 is 0 Å². The zero-order valence-corrected chi connectivity index (χ0v) is 9.52. The molecule has 1 saturated heterocycles. The first kappa shape index (κ1) is 9.14. The van der Waals surface area contributed by atoms with Gasteiger partial charge in [0.15, 0.2) is 0 Å². The summed E-state index contributed by atoms with van der Waals surface area (Å²) in [6, 6.07) is 0. The van der Waals surface area contributed by atoms with Gasteiger partial charge in [-0.25, -0.2) is 9.97 Å². The minimum absolute atomic E-state index is 0.0476. The van der Waals surface area contributed by atoms with E-state index in [4.69, 9.17) is 5.73 Å². The Morgan fingerprint density at radius 2 is 2.31 bits per heavy atom. The Bertz CT molecular complexity index is 318. The SMILES string of the molecule is CC1(N)CN(c2ncncc2I)C1. The Kier molecular flexibility index (Phi) is 2.15. The third-order valence-corrected chi connectivity index (χ3v) is 2.81. The highest BCUT2D eigenvalue weighted by atomic mass is 127. The molecule has 0 radical (unpaired) electrons. The summed E-state index contributed by atoms with van der Waals surface area (Å²) in [5.41, 5.74) is 5.86. The van der Waals surface area contributed by atoms with Gasteiger partial charge < -0.3 is 10.6 Å². The molecule has 0 aromatic carbocycles. The first-order valence-corrected chi connectivity index (χ1v) is 5.16. The molecule has 2 N–H and O–H groups in total. The average molecular weight is 290 g/mol. The van der Waals surface area contributed by atoms with E-state index in [0.29, 0.717) is 0 Å². The first-order valence-electron chi connectivity index (χ1n) is 4.08. The molecule has 4 nitrogen and oxygen atoms in total. The largest absolute Gasteiger partial charge is 0.352 e. The van der Waals surface area contributed by atoms with Gasteiger partial charge in [-0.05, 0) is 29.5 Å². The Morgan fingerprint density at radius 1 is 1.62 bits per heavy atom. The monoisotopic (exact) mass is 290 g/mol. The van der Waals surface area contributed by atoms with Gasteiger partial charge in [0.25, 0.3) is 0 Å². The maximum Gasteiger partial charge on any atom is 0.145 e. The van der Waals surface area contributed by atoms with Gasteiger partial charge in [0.05, 0.1) is 3.57 Å². The number of nitrogens with two attached hydrogens (primary N) is 1. The number of rotatable bonds is 1. The van der Waals surface area contributed by atoms with Crippen LogP contribution < -0.4 is 10.6 Å². The van der Waals surface area contributed by atoms with Crippen LogP contribution in [0.2, 0.25) is 0 Å². The summed E-state index contributed by atoms with van der Waals surface area (Å²) in [5.74, 6) is 0.999. The van der Waals surface area contributed by atoms with Crippen LogP contribution in [0.25, 0.3) is 0 Å². The fourth-order valence-electron chi connectivity index (χ4n) is 1.51. The number of halogens is 1. The summed E-state index contributed by atoms with van der Waals surface area (Å²) in [4.78, 5) is 10.3. The molecule has 0 spiro atoms. The Labute approximate surface area is 90.7 Å². The van der Waals surface area contributed by atoms with Gasteiger partial charge in [-0.3, -0.25) is 0 Å². The summed E-state index contributed by atoms with van der Waals surface area (Å²) in [6.45, 7) is 3.80. The van der Waals surface area contributed by atoms with Crippen LogP contribution >= 0.6 is 22.6 Å². The number of anilines is 1. The fraction of sp³-hybridized carbons (Fsp3) is 0.500. The van der Waals surface area contributed by atoms with E-state index in [0.717, 1.165) is 22.5 Å². The van der Waals surface area contributed by atoms with Gasteiger partial charge in [-0.15, -0.1) is 0 Å². The second-order valence-corrected chi connectivity index (χ2v) is 4.87. The van der Waals surface area contributed by atoms with E-state index >= 15 is 0 Å². The highest BCUT2D eigenvalue weighted by Crippen LogP contribution is 2.26. The third-order valence-electron chi connectivity index (χ3n) is 2.05. The van der Waals surface area contributed by atoms with E-state index in [9.17, 15) is 0 Å². The quantitative estimate of drug-likeness (QED) is 0.770. The van der Waals surface area contributed by atoms with Gasteiger partial charge in [0.2, 0.25) is 0 Å². The van der Waals surface area contributed by atoms with Crippen LogP contribution in [0.5, 0.6) is 0 Å². The first-order chi connectivity index (χ1) is 6.08. The van der Waals surface area contributed by atoms with Crippen molar-refractivity contribution in [3.8, 4) is 0 Å². The number of nitrogens with zero attached hydrogens (tertiary/aromatic N) is 3. The summed E-state index contributed by atoms with van der Waals surface area (Å²) in [5, 5.41) is 0. The smallest absolute Gasteiger partial charge is 0.145 e. The lowest BCUT2D eigenvalue weighted by Crippen LogP contribution is -2.66. The second-order valence-electron chi connectivity index (χ2n) is 3.70. The maximum atomic E-state index is 5.91. The number of hydrogen-bond acceptors (Lipinski definition) is 4. The molecule has 1 aliphatic rings. The van der Waals surface area contributed by atoms with Gasteiger partial charge in [-0.2, -0.15) is 0 Å². The van der Waals surface area contributed by atoms with Gasteiger partial charge in [0, 0.05) is 24.8 Å². The van der Waals surface area contributed by atoms with Crippen LogP contribution in [0, 0.1) is 3.57 Å². The van der Waals surface area contributed by atoms with Crippen molar-refractivity contribution < 1.29 is 0 Å². The molecule has 2 rings (SSSR count). The normalized spacial score (nSPS) is 19.8. The summed E-state index contributed by atoms with van der Waals surface area (Å²) in [7, 11) is 0. The van der Waals surface area contributed by atoms with Crippen molar-refractivity contribution in [3.63, 3.8) is 0 Å². The highest BCUT2D eigenvalue weighted by Gasteiger charge is 2.36. The van der Waals surface area contributed by atoms with Crippen LogP contribution in [0.4, 0.5) is 5.82 Å². The Hall–Kier alpha value is -0.430. The van der Waals surface area contributed by atoms with Crippen molar-refractivity contribution in [2.75, 3.05) is 18.0 Å². The molecule has 0 unspecified atom stereocenters. The van der Waals surface area contributed by atoms with Crippen molar-refractivity contribution in [1.29, 1.82) is 0 Å². The van der Waals surface area contributed by atoms with Gasteiger partial charge in [-0.1, -0.05) is 0 Å². The van der Waals surface area contributed by atoms with Gasteiger partial charge in [0.1, 0.15) is 12.1 Å². The summed E-state index contributed by atoms with van der Waals surface area (Å²) >= 11 is 2.24. The molecule has 1 aliphatic heterocycles. The van der Waals surface area contributed by atoms with Crippen molar-refractivity contribution in [2.24, 2.45) is 5.73 Å². The molecule has 13 heavy (non-hydrogen) atoms. The highest BCUT2D eigenvalue weighted by molar-refractivity contribution is 14.1. The van der Waals surface area contributed by atoms with Crippen LogP contribution in [-0.4, -0.2) is 28.6 Å². The predicted molar refractivity (Wildman–Crippen MR) is 59.6 cm³/mol. The molecular weight excluding hydrogens is 279 g/mol. The molecule has 0 atom stereocenters. The van der Waals surface area contributed by atoms with Crippen LogP contribution in [0.3, 0.4) is 0 Å². The number of hydrogen-bond donors (Lipinski definition) is 1. The second kappa shape index (κ2) is 3.06. The Balaban J connectivity index is 2.16. The Morgan fingerprint density at radius 3 is 2.85 bits per heavy atom. The van der Waals surface area contributed by atoms with E-state index in [-0.39, 0.29) is 5.54 Å². The van der Waals surface area contributed by atoms with Crippen molar-refractivity contribution in [2.45, 2.75) is 12.5 Å². The molecule has 0 aliphatic carbocycles. The van der Waals surface area contributed by atoms with E-state index in [2.05, 4.69) is 44.4 Å². The molecule has 1 aromatic heterocycles. The lowest BCUT2D eigenvalue weighted by molar-refractivity contribution is 0.362. The molecule has 2 heterocycles.